The molecule has 0 radical (unpaired) electrons. The highest BCUT2D eigenvalue weighted by atomic mass is 32.2. The fourth-order valence-electron chi connectivity index (χ4n) is 4.09. The van der Waals surface area contributed by atoms with E-state index in [1.165, 1.54) is 29.5 Å². The molecule has 0 spiro atoms. The highest BCUT2D eigenvalue weighted by Gasteiger charge is 2.39. The Hall–Kier alpha value is -1.33. The van der Waals surface area contributed by atoms with Crippen molar-refractivity contribution in [3.63, 3.8) is 0 Å². The third kappa shape index (κ3) is 2.36. The van der Waals surface area contributed by atoms with Gasteiger partial charge in [0.25, 0.3) is 0 Å². The van der Waals surface area contributed by atoms with Gasteiger partial charge in [0, 0.05) is 29.4 Å². The molecule has 2 aliphatic rings. The van der Waals surface area contributed by atoms with Gasteiger partial charge in [0.2, 0.25) is 0 Å². The van der Waals surface area contributed by atoms with Gasteiger partial charge >= 0.3 is 0 Å². The Morgan fingerprint density at radius 3 is 2.95 bits per heavy atom. The van der Waals surface area contributed by atoms with E-state index in [0.29, 0.717) is 12.0 Å². The van der Waals surface area contributed by atoms with Crippen molar-refractivity contribution < 1.29 is 0 Å². The lowest BCUT2D eigenvalue weighted by Crippen LogP contribution is -2.38. The van der Waals surface area contributed by atoms with Crippen molar-refractivity contribution in [2.75, 3.05) is 24.2 Å². The third-order valence-electron chi connectivity index (χ3n) is 5.27. The van der Waals surface area contributed by atoms with Crippen molar-refractivity contribution in [2.24, 2.45) is 17.6 Å². The van der Waals surface area contributed by atoms with Gasteiger partial charge in [-0.1, -0.05) is 6.42 Å². The second-order valence-corrected chi connectivity index (χ2v) is 7.38. The van der Waals surface area contributed by atoms with Crippen LogP contribution in [-0.2, 0) is 0 Å². The minimum atomic E-state index is 0.360. The smallest absolute Gasteiger partial charge is 0.139 e. The van der Waals surface area contributed by atoms with Crippen LogP contribution in [0.5, 0.6) is 0 Å². The molecule has 1 saturated heterocycles. The molecule has 3 unspecified atom stereocenters. The van der Waals surface area contributed by atoms with Crippen LogP contribution in [0.1, 0.15) is 19.3 Å². The lowest BCUT2D eigenvalue weighted by molar-refractivity contribution is 0.260. The van der Waals surface area contributed by atoms with Crippen molar-refractivity contribution in [3.05, 3.63) is 24.5 Å². The fraction of sp³-hybridized carbons (Fsp3) is 0.529. The molecule has 1 aromatic carbocycles. The predicted molar refractivity (Wildman–Crippen MR) is 92.3 cm³/mol. The Bertz CT molecular complexity index is 689. The number of nitrogens with two attached hydrogens (primary N) is 1. The van der Waals surface area contributed by atoms with Gasteiger partial charge in [-0.3, -0.25) is 0 Å². The zero-order chi connectivity index (χ0) is 15.1. The maximum absolute atomic E-state index is 6.36. The van der Waals surface area contributed by atoms with E-state index in [0.717, 1.165) is 30.3 Å². The molecule has 1 aliphatic carbocycles. The molecule has 116 valence electrons. The van der Waals surface area contributed by atoms with Gasteiger partial charge in [-0.25, -0.2) is 9.97 Å². The van der Waals surface area contributed by atoms with Crippen LogP contribution in [0.25, 0.3) is 10.9 Å². The molecule has 22 heavy (non-hydrogen) atoms. The van der Waals surface area contributed by atoms with Crippen LogP contribution in [0.15, 0.2) is 29.4 Å². The quantitative estimate of drug-likeness (QED) is 0.864. The Labute approximate surface area is 135 Å². The summed E-state index contributed by atoms with van der Waals surface area (Å²) in [5.41, 5.74) is 7.39. The highest BCUT2D eigenvalue weighted by Crippen LogP contribution is 2.38. The first-order valence-electron chi connectivity index (χ1n) is 8.05. The number of thioether (sulfide) groups is 1. The molecule has 1 aromatic heterocycles. The number of rotatable bonds is 2. The maximum Gasteiger partial charge on any atom is 0.139 e. The van der Waals surface area contributed by atoms with Gasteiger partial charge in [0.15, 0.2) is 0 Å². The minimum absolute atomic E-state index is 0.360. The molecule has 1 aliphatic heterocycles. The van der Waals surface area contributed by atoms with Gasteiger partial charge in [-0.15, -0.1) is 11.8 Å². The predicted octanol–water partition coefficient (Wildman–Crippen LogP) is 2.92. The summed E-state index contributed by atoms with van der Waals surface area (Å²) < 4.78 is 0. The molecule has 2 aromatic rings. The van der Waals surface area contributed by atoms with Crippen molar-refractivity contribution >= 4 is 28.5 Å². The van der Waals surface area contributed by atoms with Crippen LogP contribution < -0.4 is 10.6 Å². The summed E-state index contributed by atoms with van der Waals surface area (Å²) in [6.07, 6.45) is 7.56. The van der Waals surface area contributed by atoms with E-state index >= 15 is 0 Å². The summed E-state index contributed by atoms with van der Waals surface area (Å²) in [5, 5.41) is 1.17. The van der Waals surface area contributed by atoms with Crippen LogP contribution in [0.2, 0.25) is 0 Å². The largest absolute Gasteiger partial charge is 0.355 e. The molecule has 4 rings (SSSR count). The number of aromatic nitrogens is 2. The molecule has 5 heteroatoms. The first kappa shape index (κ1) is 14.3. The summed E-state index contributed by atoms with van der Waals surface area (Å²) in [7, 11) is 0. The lowest BCUT2D eigenvalue weighted by atomic mass is 9.78. The van der Waals surface area contributed by atoms with Crippen LogP contribution in [-0.4, -0.2) is 35.4 Å². The topological polar surface area (TPSA) is 55.0 Å². The highest BCUT2D eigenvalue weighted by molar-refractivity contribution is 7.98. The monoisotopic (exact) mass is 314 g/mol. The van der Waals surface area contributed by atoms with E-state index < -0.39 is 0 Å². The summed E-state index contributed by atoms with van der Waals surface area (Å²) >= 11 is 1.76. The first-order valence-corrected chi connectivity index (χ1v) is 9.28. The molecule has 1 saturated carbocycles. The Kier molecular flexibility index (Phi) is 3.70. The summed E-state index contributed by atoms with van der Waals surface area (Å²) in [6, 6.07) is 6.81. The fourth-order valence-corrected chi connectivity index (χ4v) is 4.53. The van der Waals surface area contributed by atoms with E-state index in [1.54, 1.807) is 18.1 Å². The van der Waals surface area contributed by atoms with Crippen molar-refractivity contribution in [3.8, 4) is 0 Å². The average Bonchev–Trinajstić information content (AvgIpc) is 2.99. The standard InChI is InChI=1S/C17H22N4S/c1-22-12-5-6-16-13(7-12)17(20-10-19-16)21-8-11-3-2-4-15(18)14(11)9-21/h5-7,10-11,14-15H,2-4,8-9,18H2,1H3. The second kappa shape index (κ2) is 5.70. The minimum Gasteiger partial charge on any atom is -0.355 e. The molecule has 2 heterocycles. The zero-order valence-corrected chi connectivity index (χ0v) is 13.7. The molecule has 0 amide bonds. The van der Waals surface area contributed by atoms with Gasteiger partial charge in [-0.2, -0.15) is 0 Å². The number of nitrogens with zero attached hydrogens (tertiary/aromatic N) is 3. The van der Waals surface area contributed by atoms with Crippen molar-refractivity contribution in [2.45, 2.75) is 30.2 Å². The summed E-state index contributed by atoms with van der Waals surface area (Å²) in [5.74, 6) is 2.45. The SMILES string of the molecule is CSc1ccc2ncnc(N3CC4CCCC(N)C4C3)c2c1. The first-order chi connectivity index (χ1) is 10.8. The van der Waals surface area contributed by atoms with Crippen LogP contribution in [0, 0.1) is 11.8 Å². The molecule has 2 fully saturated rings. The second-order valence-electron chi connectivity index (χ2n) is 6.50. The molecule has 3 atom stereocenters. The molecular weight excluding hydrogens is 292 g/mol. The average molecular weight is 314 g/mol. The van der Waals surface area contributed by atoms with Gasteiger partial charge in [-0.05, 0) is 49.1 Å². The lowest BCUT2D eigenvalue weighted by Gasteiger charge is -2.29. The molecule has 0 bridgehead atoms. The van der Waals surface area contributed by atoms with E-state index in [1.807, 2.05) is 0 Å². The number of fused-ring (bicyclic) bond motifs is 2. The van der Waals surface area contributed by atoms with E-state index in [-0.39, 0.29) is 0 Å². The van der Waals surface area contributed by atoms with Gasteiger partial charge in [0.05, 0.1) is 5.52 Å². The Morgan fingerprint density at radius 1 is 1.23 bits per heavy atom. The van der Waals surface area contributed by atoms with E-state index in [4.69, 9.17) is 5.73 Å². The normalized spacial score (nSPS) is 28.1. The van der Waals surface area contributed by atoms with Crippen LogP contribution in [0.3, 0.4) is 0 Å². The molecule has 4 nitrogen and oxygen atoms in total. The third-order valence-corrected chi connectivity index (χ3v) is 6.00. The molecular formula is C17H22N4S. The summed E-state index contributed by atoms with van der Waals surface area (Å²) in [6.45, 7) is 2.13. The molecule has 2 N–H and O–H groups in total. The van der Waals surface area contributed by atoms with Crippen molar-refractivity contribution in [1.29, 1.82) is 0 Å². The van der Waals surface area contributed by atoms with E-state index in [2.05, 4.69) is 39.3 Å². The zero-order valence-electron chi connectivity index (χ0n) is 12.9. The Morgan fingerprint density at radius 2 is 2.14 bits per heavy atom. The van der Waals surface area contributed by atoms with Crippen molar-refractivity contribution in [1.82, 2.24) is 9.97 Å². The summed E-state index contributed by atoms with van der Waals surface area (Å²) in [4.78, 5) is 12.7. The number of hydrogen-bond acceptors (Lipinski definition) is 5. The maximum atomic E-state index is 6.36. The van der Waals surface area contributed by atoms with Crippen LogP contribution in [0.4, 0.5) is 5.82 Å². The van der Waals surface area contributed by atoms with Crippen LogP contribution >= 0.6 is 11.8 Å². The van der Waals surface area contributed by atoms with E-state index in [9.17, 15) is 0 Å². The Balaban J connectivity index is 1.72. The van der Waals surface area contributed by atoms with Gasteiger partial charge < -0.3 is 10.6 Å². The van der Waals surface area contributed by atoms with Gasteiger partial charge in [0.1, 0.15) is 12.1 Å². The number of anilines is 1. The number of benzene rings is 1. The number of hydrogen-bond donors (Lipinski definition) is 1.